The number of unbranched alkanes of at least 4 members (excludes halogenated alkanes) is 6. The topological polar surface area (TPSA) is 26.3 Å². The minimum atomic E-state index is -0.0738. The molecule has 0 rings (SSSR count). The van der Waals surface area contributed by atoms with Gasteiger partial charge in [-0.3, -0.25) is 4.79 Å². The van der Waals surface area contributed by atoms with E-state index in [0.717, 1.165) is 12.3 Å². The Morgan fingerprint density at radius 1 is 1.05 bits per heavy atom. The van der Waals surface area contributed by atoms with Crippen LogP contribution in [0.15, 0.2) is 12.2 Å². The fourth-order valence-corrected chi connectivity index (χ4v) is 2.17. The number of hydrogen-bond donors (Lipinski definition) is 0. The van der Waals surface area contributed by atoms with E-state index in [1.807, 2.05) is 6.92 Å². The fourth-order valence-electron chi connectivity index (χ4n) is 2.17. The number of rotatable bonds is 12. The summed E-state index contributed by atoms with van der Waals surface area (Å²) in [6.45, 7) is 6.82. The second-order valence-corrected chi connectivity index (χ2v) is 5.34. The molecule has 0 fully saturated rings. The summed E-state index contributed by atoms with van der Waals surface area (Å²) in [5, 5.41) is 0. The number of allylic oxidation sites excluding steroid dienone is 2. The van der Waals surface area contributed by atoms with Crippen molar-refractivity contribution in [2.75, 3.05) is 6.61 Å². The van der Waals surface area contributed by atoms with Crippen LogP contribution >= 0.6 is 0 Å². The Hall–Kier alpha value is -0.790. The van der Waals surface area contributed by atoms with Crippen molar-refractivity contribution in [2.24, 2.45) is 5.92 Å². The van der Waals surface area contributed by atoms with Crippen molar-refractivity contribution in [3.8, 4) is 0 Å². The molecule has 1 atom stereocenters. The van der Waals surface area contributed by atoms with Gasteiger partial charge in [-0.2, -0.15) is 0 Å². The average molecular weight is 268 g/mol. The highest BCUT2D eigenvalue weighted by Gasteiger charge is 1.98. The third-order valence-corrected chi connectivity index (χ3v) is 3.38. The zero-order valence-corrected chi connectivity index (χ0v) is 13.1. The van der Waals surface area contributed by atoms with Crippen LogP contribution in [0.3, 0.4) is 0 Å². The molecule has 2 nitrogen and oxygen atoms in total. The van der Waals surface area contributed by atoms with Crippen LogP contribution in [0.25, 0.3) is 0 Å². The van der Waals surface area contributed by atoms with Gasteiger partial charge in [-0.15, -0.1) is 0 Å². The van der Waals surface area contributed by atoms with Gasteiger partial charge in [0.25, 0.3) is 0 Å². The molecule has 112 valence electrons. The van der Waals surface area contributed by atoms with E-state index in [2.05, 4.69) is 26.0 Å². The number of hydrogen-bond acceptors (Lipinski definition) is 2. The predicted octanol–water partition coefficient (Wildman–Crippen LogP) is 5.27. The minimum Gasteiger partial charge on any atom is -0.466 e. The van der Waals surface area contributed by atoms with Crippen LogP contribution in [0.1, 0.15) is 78.6 Å². The van der Waals surface area contributed by atoms with Gasteiger partial charge in [-0.25, -0.2) is 0 Å². The second kappa shape index (κ2) is 13.6. The first kappa shape index (κ1) is 18.2. The molecule has 0 saturated carbocycles. The molecule has 0 aliphatic rings. The maximum absolute atomic E-state index is 10.9. The molecule has 0 bridgehead atoms. The number of esters is 1. The predicted molar refractivity (Wildman–Crippen MR) is 82.2 cm³/mol. The monoisotopic (exact) mass is 268 g/mol. The molecule has 0 aliphatic heterocycles. The third-order valence-electron chi connectivity index (χ3n) is 3.38. The highest BCUT2D eigenvalue weighted by Crippen LogP contribution is 2.13. The van der Waals surface area contributed by atoms with Gasteiger partial charge in [-0.1, -0.05) is 64.5 Å². The molecule has 1 unspecified atom stereocenters. The van der Waals surface area contributed by atoms with E-state index >= 15 is 0 Å². The van der Waals surface area contributed by atoms with Crippen molar-refractivity contribution in [3.63, 3.8) is 0 Å². The standard InChI is InChI=1S/C17H32O2/c1-4-13-16(3)14-11-9-7-6-8-10-12-15-19-17(18)5-2/h4,13,16H,5-12,14-15H2,1-3H3. The number of carbonyl (C=O) groups is 1. The quantitative estimate of drug-likeness (QED) is 0.274. The molecule has 0 aromatic heterocycles. The van der Waals surface area contributed by atoms with Crippen molar-refractivity contribution < 1.29 is 9.53 Å². The lowest BCUT2D eigenvalue weighted by Gasteiger charge is -2.06. The van der Waals surface area contributed by atoms with Crippen LogP contribution in [0.5, 0.6) is 0 Å². The Morgan fingerprint density at radius 3 is 2.21 bits per heavy atom. The molecule has 0 aromatic rings. The van der Waals surface area contributed by atoms with Crippen LogP contribution in [0, 0.1) is 5.92 Å². The largest absolute Gasteiger partial charge is 0.466 e. The maximum atomic E-state index is 10.9. The summed E-state index contributed by atoms with van der Waals surface area (Å²) in [4.78, 5) is 10.9. The number of carbonyl (C=O) groups excluding carboxylic acids is 1. The van der Waals surface area contributed by atoms with Gasteiger partial charge in [0.15, 0.2) is 0 Å². The summed E-state index contributed by atoms with van der Waals surface area (Å²) in [5.41, 5.74) is 0. The molecule has 0 radical (unpaired) electrons. The summed E-state index contributed by atoms with van der Waals surface area (Å²) in [6.07, 6.45) is 15.1. The lowest BCUT2D eigenvalue weighted by Crippen LogP contribution is -2.03. The normalized spacial score (nSPS) is 12.8. The summed E-state index contributed by atoms with van der Waals surface area (Å²) < 4.78 is 5.04. The Balaban J connectivity index is 3.13. The first-order valence-corrected chi connectivity index (χ1v) is 7.99. The van der Waals surface area contributed by atoms with Gasteiger partial charge >= 0.3 is 5.97 Å². The van der Waals surface area contributed by atoms with Gasteiger partial charge < -0.3 is 4.74 Å². The molecule has 0 spiro atoms. The smallest absolute Gasteiger partial charge is 0.305 e. The van der Waals surface area contributed by atoms with E-state index in [1.165, 1.54) is 44.9 Å². The average Bonchev–Trinajstić information content (AvgIpc) is 2.40. The van der Waals surface area contributed by atoms with Gasteiger partial charge in [0.05, 0.1) is 6.61 Å². The van der Waals surface area contributed by atoms with E-state index < -0.39 is 0 Å². The summed E-state index contributed by atoms with van der Waals surface area (Å²) in [6, 6.07) is 0. The Bertz CT molecular complexity index is 233. The van der Waals surface area contributed by atoms with Crippen LogP contribution in [0.2, 0.25) is 0 Å². The molecule has 0 heterocycles. The van der Waals surface area contributed by atoms with E-state index in [1.54, 1.807) is 0 Å². The SMILES string of the molecule is CC=CC(C)CCCCCCCCCOC(=O)CC. The molecule has 0 aliphatic carbocycles. The summed E-state index contributed by atoms with van der Waals surface area (Å²) in [7, 11) is 0. The van der Waals surface area contributed by atoms with E-state index in [0.29, 0.717) is 13.0 Å². The van der Waals surface area contributed by atoms with Gasteiger partial charge in [0.1, 0.15) is 0 Å². The molecular weight excluding hydrogens is 236 g/mol. The zero-order chi connectivity index (χ0) is 14.3. The third kappa shape index (κ3) is 13.4. The molecule has 19 heavy (non-hydrogen) atoms. The Kier molecular flexibility index (Phi) is 13.1. The van der Waals surface area contributed by atoms with Gasteiger partial charge in [-0.05, 0) is 25.7 Å². The zero-order valence-electron chi connectivity index (χ0n) is 13.1. The summed E-state index contributed by atoms with van der Waals surface area (Å²) in [5.74, 6) is 0.661. The van der Waals surface area contributed by atoms with E-state index in [-0.39, 0.29) is 5.97 Å². The van der Waals surface area contributed by atoms with Crippen molar-refractivity contribution in [3.05, 3.63) is 12.2 Å². The highest BCUT2D eigenvalue weighted by atomic mass is 16.5. The lowest BCUT2D eigenvalue weighted by molar-refractivity contribution is -0.143. The number of ether oxygens (including phenoxy) is 1. The first-order valence-electron chi connectivity index (χ1n) is 7.99. The molecule has 2 heteroatoms. The van der Waals surface area contributed by atoms with Crippen LogP contribution in [0.4, 0.5) is 0 Å². The maximum Gasteiger partial charge on any atom is 0.305 e. The van der Waals surface area contributed by atoms with Crippen molar-refractivity contribution in [1.29, 1.82) is 0 Å². The van der Waals surface area contributed by atoms with Gasteiger partial charge in [0.2, 0.25) is 0 Å². The van der Waals surface area contributed by atoms with Crippen LogP contribution in [-0.4, -0.2) is 12.6 Å². The van der Waals surface area contributed by atoms with Crippen molar-refractivity contribution in [2.45, 2.75) is 78.6 Å². The molecular formula is C17H32O2. The molecule has 0 saturated heterocycles. The molecule has 0 amide bonds. The molecule has 0 N–H and O–H groups in total. The first-order chi connectivity index (χ1) is 9.20. The summed E-state index contributed by atoms with van der Waals surface area (Å²) >= 11 is 0. The van der Waals surface area contributed by atoms with E-state index in [9.17, 15) is 4.79 Å². The lowest BCUT2D eigenvalue weighted by atomic mass is 10.0. The van der Waals surface area contributed by atoms with Crippen LogP contribution < -0.4 is 0 Å². The highest BCUT2D eigenvalue weighted by molar-refractivity contribution is 5.68. The van der Waals surface area contributed by atoms with Crippen molar-refractivity contribution >= 4 is 5.97 Å². The Labute approximate surface area is 119 Å². The minimum absolute atomic E-state index is 0.0738. The molecule has 0 aromatic carbocycles. The van der Waals surface area contributed by atoms with Gasteiger partial charge in [0, 0.05) is 6.42 Å². The second-order valence-electron chi connectivity index (χ2n) is 5.34. The van der Waals surface area contributed by atoms with Crippen LogP contribution in [-0.2, 0) is 9.53 Å². The van der Waals surface area contributed by atoms with Crippen molar-refractivity contribution in [1.82, 2.24) is 0 Å². The van der Waals surface area contributed by atoms with E-state index in [4.69, 9.17) is 4.74 Å². The Morgan fingerprint density at radius 2 is 1.63 bits per heavy atom. The fraction of sp³-hybridized carbons (Fsp3) is 0.824.